The third-order valence-corrected chi connectivity index (χ3v) is 2.73. The summed E-state index contributed by atoms with van der Waals surface area (Å²) in [5.74, 6) is 0.489. The Morgan fingerprint density at radius 3 is 2.56 bits per heavy atom. The summed E-state index contributed by atoms with van der Waals surface area (Å²) in [6.07, 6.45) is 2.05. The van der Waals surface area contributed by atoms with Crippen LogP contribution in [-0.2, 0) is 9.59 Å². The van der Waals surface area contributed by atoms with Crippen LogP contribution in [0.3, 0.4) is 0 Å². The second-order valence-electron chi connectivity index (χ2n) is 4.15. The lowest BCUT2D eigenvalue weighted by Crippen LogP contribution is -2.39. The molecule has 0 aromatic rings. The minimum atomic E-state index is 0.0796. The fourth-order valence-electron chi connectivity index (χ4n) is 1.27. The van der Waals surface area contributed by atoms with Crippen LogP contribution in [0.15, 0.2) is 0 Å². The molecule has 1 saturated carbocycles. The number of carbonyl (C=O) groups is 2. The molecule has 0 aromatic heterocycles. The van der Waals surface area contributed by atoms with Crippen molar-refractivity contribution in [1.82, 2.24) is 15.5 Å². The Morgan fingerprint density at radius 1 is 1.31 bits per heavy atom. The van der Waals surface area contributed by atoms with Gasteiger partial charge >= 0.3 is 0 Å². The number of nitrogens with one attached hydrogen (secondary N) is 2. The lowest BCUT2D eigenvalue weighted by atomic mass is 10.4. The summed E-state index contributed by atoms with van der Waals surface area (Å²) in [5.41, 5.74) is 0. The standard InChI is InChI=1S/C11H21N3O2/c1-3-14(2)10(15)8-12-6-7-13-11(16)9-4-5-9/h9,12H,3-8H2,1-2H3,(H,13,16). The first-order valence-corrected chi connectivity index (χ1v) is 5.87. The van der Waals surface area contributed by atoms with Gasteiger partial charge in [0.25, 0.3) is 0 Å². The predicted octanol–water partition coefficient (Wildman–Crippen LogP) is -0.419. The highest BCUT2D eigenvalue weighted by Crippen LogP contribution is 2.28. The lowest BCUT2D eigenvalue weighted by molar-refractivity contribution is -0.128. The average molecular weight is 227 g/mol. The quantitative estimate of drug-likeness (QED) is 0.581. The third-order valence-electron chi connectivity index (χ3n) is 2.73. The Kier molecular flexibility index (Phi) is 5.25. The fraction of sp³-hybridized carbons (Fsp3) is 0.818. The summed E-state index contributed by atoms with van der Waals surface area (Å²) in [4.78, 5) is 24.3. The van der Waals surface area contributed by atoms with Crippen LogP contribution in [0, 0.1) is 5.92 Å². The molecule has 1 aliphatic carbocycles. The van der Waals surface area contributed by atoms with Crippen molar-refractivity contribution in [2.45, 2.75) is 19.8 Å². The van der Waals surface area contributed by atoms with Gasteiger partial charge < -0.3 is 15.5 Å². The molecule has 92 valence electrons. The normalized spacial score (nSPS) is 14.6. The summed E-state index contributed by atoms with van der Waals surface area (Å²) in [6.45, 7) is 4.23. The van der Waals surface area contributed by atoms with Crippen LogP contribution in [0.4, 0.5) is 0 Å². The highest BCUT2D eigenvalue weighted by molar-refractivity contribution is 5.80. The van der Waals surface area contributed by atoms with E-state index in [0.29, 0.717) is 19.6 Å². The van der Waals surface area contributed by atoms with Gasteiger partial charge in [-0.25, -0.2) is 0 Å². The minimum absolute atomic E-state index is 0.0796. The van der Waals surface area contributed by atoms with Crippen molar-refractivity contribution in [2.24, 2.45) is 5.92 Å². The van der Waals surface area contributed by atoms with E-state index in [1.54, 1.807) is 11.9 Å². The van der Waals surface area contributed by atoms with Crippen molar-refractivity contribution in [3.05, 3.63) is 0 Å². The van der Waals surface area contributed by atoms with E-state index in [-0.39, 0.29) is 17.7 Å². The molecule has 0 bridgehead atoms. The van der Waals surface area contributed by atoms with Crippen molar-refractivity contribution < 1.29 is 9.59 Å². The molecular weight excluding hydrogens is 206 g/mol. The highest BCUT2D eigenvalue weighted by atomic mass is 16.2. The molecule has 1 fully saturated rings. The van der Waals surface area contributed by atoms with Gasteiger partial charge in [0, 0.05) is 32.6 Å². The largest absolute Gasteiger partial charge is 0.355 e. The second kappa shape index (κ2) is 6.48. The van der Waals surface area contributed by atoms with Crippen LogP contribution in [0.5, 0.6) is 0 Å². The van der Waals surface area contributed by atoms with E-state index in [9.17, 15) is 9.59 Å². The predicted molar refractivity (Wildman–Crippen MR) is 61.9 cm³/mol. The van der Waals surface area contributed by atoms with Crippen LogP contribution in [0.2, 0.25) is 0 Å². The van der Waals surface area contributed by atoms with E-state index in [0.717, 1.165) is 19.4 Å². The Bertz CT molecular complexity index is 252. The Balaban J connectivity index is 1.94. The SMILES string of the molecule is CCN(C)C(=O)CNCCNC(=O)C1CC1. The summed E-state index contributed by atoms with van der Waals surface area (Å²) in [7, 11) is 1.78. The molecule has 0 atom stereocenters. The van der Waals surface area contributed by atoms with Gasteiger partial charge in [0.2, 0.25) is 11.8 Å². The van der Waals surface area contributed by atoms with Gasteiger partial charge in [-0.3, -0.25) is 9.59 Å². The van der Waals surface area contributed by atoms with E-state index < -0.39 is 0 Å². The van der Waals surface area contributed by atoms with Gasteiger partial charge in [0.1, 0.15) is 0 Å². The molecule has 1 aliphatic rings. The highest BCUT2D eigenvalue weighted by Gasteiger charge is 2.28. The van der Waals surface area contributed by atoms with E-state index in [2.05, 4.69) is 10.6 Å². The van der Waals surface area contributed by atoms with Gasteiger partial charge in [-0.15, -0.1) is 0 Å². The summed E-state index contributed by atoms with van der Waals surface area (Å²) in [5, 5.41) is 5.84. The first-order valence-electron chi connectivity index (χ1n) is 5.87. The molecule has 16 heavy (non-hydrogen) atoms. The van der Waals surface area contributed by atoms with Crippen molar-refractivity contribution in [3.63, 3.8) is 0 Å². The molecular formula is C11H21N3O2. The fourth-order valence-corrected chi connectivity index (χ4v) is 1.27. The van der Waals surface area contributed by atoms with Crippen LogP contribution < -0.4 is 10.6 Å². The number of nitrogens with zero attached hydrogens (tertiary/aromatic N) is 1. The van der Waals surface area contributed by atoms with E-state index >= 15 is 0 Å². The summed E-state index contributed by atoms with van der Waals surface area (Å²) >= 11 is 0. The van der Waals surface area contributed by atoms with Gasteiger partial charge in [-0.1, -0.05) is 0 Å². The van der Waals surface area contributed by atoms with Gasteiger partial charge in [-0.2, -0.15) is 0 Å². The van der Waals surface area contributed by atoms with Gasteiger partial charge in [0.05, 0.1) is 6.54 Å². The first-order chi connectivity index (χ1) is 7.65. The first kappa shape index (κ1) is 13.0. The number of carbonyl (C=O) groups excluding carboxylic acids is 2. The molecule has 1 rings (SSSR count). The van der Waals surface area contributed by atoms with E-state index in [1.165, 1.54) is 0 Å². The van der Waals surface area contributed by atoms with E-state index in [1.807, 2.05) is 6.92 Å². The summed E-state index contributed by atoms with van der Waals surface area (Å²) < 4.78 is 0. The van der Waals surface area contributed by atoms with Crippen molar-refractivity contribution in [3.8, 4) is 0 Å². The number of hydrogen-bond acceptors (Lipinski definition) is 3. The molecule has 2 N–H and O–H groups in total. The molecule has 0 saturated heterocycles. The van der Waals surface area contributed by atoms with Crippen molar-refractivity contribution in [1.29, 1.82) is 0 Å². The molecule has 5 heteroatoms. The van der Waals surface area contributed by atoms with E-state index in [4.69, 9.17) is 0 Å². The number of rotatable bonds is 7. The molecule has 0 unspecified atom stereocenters. The maximum Gasteiger partial charge on any atom is 0.236 e. The monoisotopic (exact) mass is 227 g/mol. The van der Waals surface area contributed by atoms with Crippen LogP contribution in [0.1, 0.15) is 19.8 Å². The molecule has 0 radical (unpaired) electrons. The van der Waals surface area contributed by atoms with Crippen molar-refractivity contribution >= 4 is 11.8 Å². The molecule has 5 nitrogen and oxygen atoms in total. The smallest absolute Gasteiger partial charge is 0.236 e. The average Bonchev–Trinajstić information content (AvgIpc) is 3.10. The Hall–Kier alpha value is -1.10. The van der Waals surface area contributed by atoms with Crippen LogP contribution in [0.25, 0.3) is 0 Å². The molecule has 0 aliphatic heterocycles. The maximum absolute atomic E-state index is 11.4. The summed E-state index contributed by atoms with van der Waals surface area (Å²) in [6, 6.07) is 0. The molecule has 0 aromatic carbocycles. The van der Waals surface area contributed by atoms with Crippen molar-refractivity contribution in [2.75, 3.05) is 33.2 Å². The van der Waals surface area contributed by atoms with Gasteiger partial charge in [0.15, 0.2) is 0 Å². The third kappa shape index (κ3) is 4.61. The number of amides is 2. The number of likely N-dealkylation sites (N-methyl/N-ethyl adjacent to an activating group) is 1. The van der Waals surface area contributed by atoms with Crippen LogP contribution in [-0.4, -0.2) is 49.9 Å². The lowest BCUT2D eigenvalue weighted by Gasteiger charge is -2.14. The maximum atomic E-state index is 11.4. The molecule has 0 heterocycles. The zero-order valence-electron chi connectivity index (χ0n) is 10.1. The minimum Gasteiger partial charge on any atom is -0.355 e. The van der Waals surface area contributed by atoms with Gasteiger partial charge in [-0.05, 0) is 19.8 Å². The second-order valence-corrected chi connectivity index (χ2v) is 4.15. The molecule has 2 amide bonds. The zero-order chi connectivity index (χ0) is 12.0. The zero-order valence-corrected chi connectivity index (χ0v) is 10.1. The number of hydrogen-bond donors (Lipinski definition) is 2. The van der Waals surface area contributed by atoms with Crippen LogP contribution >= 0.6 is 0 Å². The topological polar surface area (TPSA) is 61.4 Å². The molecule has 0 spiro atoms. The Labute approximate surface area is 96.6 Å². The Morgan fingerprint density at radius 2 is 2.00 bits per heavy atom.